The Labute approximate surface area is 155 Å². The SMILES string of the molecule is CC(OCC1CCCO1)C(=O)Nc1cccc(S(=O)(=O)NC(C)(C)C)c1. The van der Waals surface area contributed by atoms with Crippen LogP contribution in [0.2, 0.25) is 0 Å². The predicted molar refractivity (Wildman–Crippen MR) is 99.5 cm³/mol. The number of rotatable bonds is 7. The second-order valence-corrected chi connectivity index (χ2v) is 9.17. The van der Waals surface area contributed by atoms with Gasteiger partial charge in [-0.25, -0.2) is 13.1 Å². The van der Waals surface area contributed by atoms with Crippen molar-refractivity contribution >= 4 is 21.6 Å². The number of nitrogens with one attached hydrogen (secondary N) is 2. The molecule has 0 aliphatic carbocycles. The van der Waals surface area contributed by atoms with Crippen molar-refractivity contribution in [3.05, 3.63) is 24.3 Å². The molecular formula is C18H28N2O5S. The summed E-state index contributed by atoms with van der Waals surface area (Å²) in [6.45, 7) is 8.07. The summed E-state index contributed by atoms with van der Waals surface area (Å²) in [6, 6.07) is 6.14. The molecule has 2 N–H and O–H groups in total. The maximum Gasteiger partial charge on any atom is 0.253 e. The van der Waals surface area contributed by atoms with E-state index >= 15 is 0 Å². The topological polar surface area (TPSA) is 93.7 Å². The van der Waals surface area contributed by atoms with Gasteiger partial charge in [-0.15, -0.1) is 0 Å². The first-order valence-corrected chi connectivity index (χ1v) is 10.2. The second-order valence-electron chi connectivity index (χ2n) is 7.48. The number of carbonyl (C=O) groups is 1. The molecule has 0 bridgehead atoms. The van der Waals surface area contributed by atoms with Crippen LogP contribution in [0.1, 0.15) is 40.5 Å². The Balaban J connectivity index is 1.97. The standard InChI is InChI=1S/C18H28N2O5S/c1-13(25-12-15-8-6-10-24-15)17(21)19-14-7-5-9-16(11-14)26(22,23)20-18(2,3)4/h5,7,9,11,13,15,20H,6,8,10,12H2,1-4H3,(H,19,21). The third-order valence-electron chi connectivity index (χ3n) is 3.78. The van der Waals surface area contributed by atoms with Crippen LogP contribution in [0.25, 0.3) is 0 Å². The molecule has 1 fully saturated rings. The van der Waals surface area contributed by atoms with Crippen molar-refractivity contribution in [2.24, 2.45) is 0 Å². The summed E-state index contributed by atoms with van der Waals surface area (Å²) in [5, 5.41) is 2.70. The van der Waals surface area contributed by atoms with Crippen LogP contribution in [-0.4, -0.2) is 45.3 Å². The highest BCUT2D eigenvalue weighted by molar-refractivity contribution is 7.89. The molecule has 1 aromatic carbocycles. The second kappa shape index (κ2) is 8.47. The van der Waals surface area contributed by atoms with Gasteiger partial charge in [0.1, 0.15) is 6.10 Å². The Kier molecular flexibility index (Phi) is 6.79. The molecular weight excluding hydrogens is 356 g/mol. The molecule has 146 valence electrons. The molecule has 2 atom stereocenters. The van der Waals surface area contributed by atoms with E-state index in [1.165, 1.54) is 12.1 Å². The molecule has 0 saturated carbocycles. The van der Waals surface area contributed by atoms with E-state index in [9.17, 15) is 13.2 Å². The van der Waals surface area contributed by atoms with Gasteiger partial charge in [0.05, 0.1) is 17.6 Å². The monoisotopic (exact) mass is 384 g/mol. The lowest BCUT2D eigenvalue weighted by atomic mass is 10.1. The highest BCUT2D eigenvalue weighted by Gasteiger charge is 2.23. The molecule has 7 nitrogen and oxygen atoms in total. The van der Waals surface area contributed by atoms with Crippen molar-refractivity contribution in [2.45, 2.75) is 63.2 Å². The van der Waals surface area contributed by atoms with Crippen LogP contribution in [0.15, 0.2) is 29.2 Å². The summed E-state index contributed by atoms with van der Waals surface area (Å²) in [7, 11) is -3.67. The van der Waals surface area contributed by atoms with Crippen molar-refractivity contribution in [2.75, 3.05) is 18.5 Å². The van der Waals surface area contributed by atoms with Gasteiger partial charge in [0.2, 0.25) is 10.0 Å². The number of anilines is 1. The van der Waals surface area contributed by atoms with E-state index in [1.54, 1.807) is 39.8 Å². The Morgan fingerprint density at radius 1 is 1.38 bits per heavy atom. The van der Waals surface area contributed by atoms with E-state index < -0.39 is 21.7 Å². The van der Waals surface area contributed by atoms with Crippen LogP contribution in [0, 0.1) is 0 Å². The minimum absolute atomic E-state index is 0.0437. The van der Waals surface area contributed by atoms with Crippen LogP contribution in [0.3, 0.4) is 0 Å². The molecule has 1 aliphatic heterocycles. The first-order chi connectivity index (χ1) is 12.1. The molecule has 0 aromatic heterocycles. The van der Waals surface area contributed by atoms with Crippen LogP contribution < -0.4 is 10.0 Å². The number of benzene rings is 1. The number of amides is 1. The lowest BCUT2D eigenvalue weighted by Gasteiger charge is -2.20. The highest BCUT2D eigenvalue weighted by Crippen LogP contribution is 2.18. The molecule has 1 heterocycles. The minimum Gasteiger partial charge on any atom is -0.376 e. The van der Waals surface area contributed by atoms with E-state index in [4.69, 9.17) is 9.47 Å². The first-order valence-electron chi connectivity index (χ1n) is 8.75. The summed E-state index contributed by atoms with van der Waals surface area (Å²) in [5.41, 5.74) is -0.192. The number of carbonyl (C=O) groups excluding carboxylic acids is 1. The summed E-state index contributed by atoms with van der Waals surface area (Å²) < 4.78 is 38.4. The van der Waals surface area contributed by atoms with Gasteiger partial charge in [-0.3, -0.25) is 4.79 Å². The number of ether oxygens (including phenoxy) is 2. The van der Waals surface area contributed by atoms with Crippen molar-refractivity contribution in [1.82, 2.24) is 4.72 Å². The van der Waals surface area contributed by atoms with Crippen LogP contribution in [0.5, 0.6) is 0 Å². The molecule has 8 heteroatoms. The lowest BCUT2D eigenvalue weighted by molar-refractivity contribution is -0.128. The van der Waals surface area contributed by atoms with Gasteiger partial charge in [-0.1, -0.05) is 6.07 Å². The first kappa shape index (κ1) is 20.8. The van der Waals surface area contributed by atoms with E-state index in [1.807, 2.05) is 0 Å². The molecule has 1 aliphatic rings. The van der Waals surface area contributed by atoms with Crippen LogP contribution >= 0.6 is 0 Å². The molecule has 0 spiro atoms. The molecule has 1 saturated heterocycles. The van der Waals surface area contributed by atoms with Gasteiger partial charge in [0, 0.05) is 17.8 Å². The zero-order chi connectivity index (χ0) is 19.4. The number of hydrogen-bond acceptors (Lipinski definition) is 5. The third-order valence-corrected chi connectivity index (χ3v) is 5.53. The van der Waals surface area contributed by atoms with Crippen molar-refractivity contribution in [1.29, 1.82) is 0 Å². The molecule has 2 rings (SSSR count). The van der Waals surface area contributed by atoms with E-state index in [0.717, 1.165) is 19.4 Å². The Hall–Kier alpha value is -1.48. The fourth-order valence-electron chi connectivity index (χ4n) is 2.55. The number of hydrogen-bond donors (Lipinski definition) is 2. The number of sulfonamides is 1. The Morgan fingerprint density at radius 3 is 2.73 bits per heavy atom. The summed E-state index contributed by atoms with van der Waals surface area (Å²) in [5.74, 6) is -0.332. The Bertz CT molecular complexity index is 721. The lowest BCUT2D eigenvalue weighted by Crippen LogP contribution is -2.40. The summed E-state index contributed by atoms with van der Waals surface area (Å²) >= 11 is 0. The van der Waals surface area contributed by atoms with Crippen LogP contribution in [0.4, 0.5) is 5.69 Å². The minimum atomic E-state index is -3.67. The Morgan fingerprint density at radius 2 is 2.12 bits per heavy atom. The zero-order valence-electron chi connectivity index (χ0n) is 15.7. The van der Waals surface area contributed by atoms with Gasteiger partial charge in [0.15, 0.2) is 0 Å². The molecule has 0 radical (unpaired) electrons. The van der Waals surface area contributed by atoms with Crippen molar-refractivity contribution in [3.8, 4) is 0 Å². The van der Waals surface area contributed by atoms with Gasteiger partial charge in [0.25, 0.3) is 5.91 Å². The summed E-state index contributed by atoms with van der Waals surface area (Å²) in [6.07, 6.45) is 1.34. The summed E-state index contributed by atoms with van der Waals surface area (Å²) in [4.78, 5) is 12.4. The molecule has 2 unspecified atom stereocenters. The van der Waals surface area contributed by atoms with Gasteiger partial charge in [-0.05, 0) is 58.7 Å². The van der Waals surface area contributed by atoms with Crippen molar-refractivity contribution < 1.29 is 22.7 Å². The van der Waals surface area contributed by atoms with Gasteiger partial charge >= 0.3 is 0 Å². The smallest absolute Gasteiger partial charge is 0.253 e. The van der Waals surface area contributed by atoms with E-state index in [2.05, 4.69) is 10.0 Å². The van der Waals surface area contributed by atoms with E-state index in [0.29, 0.717) is 12.3 Å². The third kappa shape index (κ3) is 6.35. The largest absolute Gasteiger partial charge is 0.376 e. The average Bonchev–Trinajstić information content (AvgIpc) is 3.04. The maximum atomic E-state index is 12.4. The average molecular weight is 384 g/mol. The zero-order valence-corrected chi connectivity index (χ0v) is 16.6. The fourth-order valence-corrected chi connectivity index (χ4v) is 4.01. The van der Waals surface area contributed by atoms with Crippen LogP contribution in [-0.2, 0) is 24.3 Å². The highest BCUT2D eigenvalue weighted by atomic mass is 32.2. The molecule has 1 aromatic rings. The van der Waals surface area contributed by atoms with E-state index in [-0.39, 0.29) is 16.9 Å². The normalized spacial score (nSPS) is 19.3. The quantitative estimate of drug-likeness (QED) is 0.752. The predicted octanol–water partition coefficient (Wildman–Crippen LogP) is 2.29. The van der Waals surface area contributed by atoms with Gasteiger partial charge in [-0.2, -0.15) is 0 Å². The molecule has 26 heavy (non-hydrogen) atoms. The fraction of sp³-hybridized carbons (Fsp3) is 0.611. The van der Waals surface area contributed by atoms with Crippen molar-refractivity contribution in [3.63, 3.8) is 0 Å². The van der Waals surface area contributed by atoms with Gasteiger partial charge < -0.3 is 14.8 Å². The maximum absolute atomic E-state index is 12.4. The molecule has 1 amide bonds.